The third-order valence-electron chi connectivity index (χ3n) is 6.12. The van der Waals surface area contributed by atoms with Crippen molar-refractivity contribution in [3.63, 3.8) is 0 Å². The number of carbonyl (C=O) groups is 2. The normalized spacial score (nSPS) is 19.0. The number of benzene rings is 1. The Labute approximate surface area is 172 Å². The van der Waals surface area contributed by atoms with Crippen molar-refractivity contribution in [2.24, 2.45) is 4.99 Å². The van der Waals surface area contributed by atoms with E-state index in [-0.39, 0.29) is 11.8 Å². The Kier molecular flexibility index (Phi) is 6.02. The molecule has 0 spiro atoms. The molecule has 1 saturated heterocycles. The first-order valence-electron chi connectivity index (χ1n) is 10.7. The number of ether oxygens (including phenoxy) is 1. The van der Waals surface area contributed by atoms with Crippen LogP contribution >= 0.6 is 0 Å². The van der Waals surface area contributed by atoms with Gasteiger partial charge in [-0.25, -0.2) is 4.99 Å². The van der Waals surface area contributed by atoms with Crippen LogP contribution < -0.4 is 10.1 Å². The minimum Gasteiger partial charge on any atom is -0.494 e. The molecule has 0 aromatic heterocycles. The fourth-order valence-electron chi connectivity index (χ4n) is 4.33. The molecule has 0 unspecified atom stereocenters. The molecule has 4 rings (SSSR count). The number of guanidine groups is 1. The highest BCUT2D eigenvalue weighted by Crippen LogP contribution is 2.30. The van der Waals surface area contributed by atoms with E-state index < -0.39 is 0 Å². The molecule has 2 aliphatic heterocycles. The van der Waals surface area contributed by atoms with Crippen molar-refractivity contribution in [1.29, 1.82) is 0 Å². The molecule has 0 radical (unpaired) electrons. The number of rotatable bonds is 6. The molecule has 1 aromatic carbocycles. The minimum absolute atomic E-state index is 0.0204. The number of amides is 2. The van der Waals surface area contributed by atoms with Gasteiger partial charge in [-0.05, 0) is 37.5 Å². The van der Waals surface area contributed by atoms with Gasteiger partial charge in [-0.2, -0.15) is 0 Å². The van der Waals surface area contributed by atoms with Gasteiger partial charge in [0.15, 0.2) is 0 Å². The van der Waals surface area contributed by atoms with Gasteiger partial charge in [0.25, 0.3) is 0 Å². The van der Waals surface area contributed by atoms with Crippen LogP contribution in [0.5, 0.6) is 5.75 Å². The molecule has 2 amide bonds. The molecular weight excluding hydrogens is 368 g/mol. The third-order valence-corrected chi connectivity index (χ3v) is 6.12. The van der Waals surface area contributed by atoms with Crippen molar-refractivity contribution >= 4 is 23.5 Å². The van der Waals surface area contributed by atoms with E-state index in [4.69, 9.17) is 4.74 Å². The highest BCUT2D eigenvalue weighted by Gasteiger charge is 2.26. The molecule has 156 valence electrons. The number of hydrogen-bond acceptors (Lipinski definition) is 5. The second kappa shape index (κ2) is 8.84. The summed E-state index contributed by atoms with van der Waals surface area (Å²) in [5.74, 6) is 1.69. The predicted octanol–water partition coefficient (Wildman–Crippen LogP) is 2.96. The molecule has 0 bridgehead atoms. The summed E-state index contributed by atoms with van der Waals surface area (Å²) in [7, 11) is 1.94. The van der Waals surface area contributed by atoms with Gasteiger partial charge in [-0.3, -0.25) is 14.9 Å². The van der Waals surface area contributed by atoms with Gasteiger partial charge in [-0.15, -0.1) is 0 Å². The van der Waals surface area contributed by atoms with E-state index in [1.165, 1.54) is 19.3 Å². The van der Waals surface area contributed by atoms with Crippen molar-refractivity contribution in [2.45, 2.75) is 64.0 Å². The summed E-state index contributed by atoms with van der Waals surface area (Å²) in [6.07, 6.45) is 7.78. The van der Waals surface area contributed by atoms with Crippen LogP contribution in [0.1, 0.15) is 56.9 Å². The highest BCUT2D eigenvalue weighted by molar-refractivity contribution is 6.01. The summed E-state index contributed by atoms with van der Waals surface area (Å²) in [5, 5.41) is 2.83. The van der Waals surface area contributed by atoms with Crippen LogP contribution in [0, 0.1) is 0 Å². The molecule has 2 fully saturated rings. The van der Waals surface area contributed by atoms with Gasteiger partial charge < -0.3 is 14.5 Å². The standard InChI is InChI=1S/C22H30N4O3/c1-25(17-6-3-2-4-7-17)21(28)8-5-13-29-18-9-10-19-16(14-18)15-26-12-11-20(27)24-22(26)23-19/h9-10,14,17H,2-8,11-13,15H2,1H3,(H,23,24,27). The van der Waals surface area contributed by atoms with Crippen LogP contribution in [0.3, 0.4) is 0 Å². The lowest BCUT2D eigenvalue weighted by Gasteiger charge is -2.33. The summed E-state index contributed by atoms with van der Waals surface area (Å²) in [6, 6.07) is 6.27. The zero-order valence-electron chi connectivity index (χ0n) is 17.2. The molecule has 1 aliphatic carbocycles. The second-order valence-corrected chi connectivity index (χ2v) is 8.19. The number of aliphatic imine (C=N–C) groups is 1. The van der Waals surface area contributed by atoms with Crippen LogP contribution in [0.2, 0.25) is 0 Å². The minimum atomic E-state index is 0.0204. The summed E-state index contributed by atoms with van der Waals surface area (Å²) in [6.45, 7) is 1.93. The lowest BCUT2D eigenvalue weighted by Crippen LogP contribution is -2.50. The van der Waals surface area contributed by atoms with Gasteiger partial charge in [0, 0.05) is 44.6 Å². The topological polar surface area (TPSA) is 74.2 Å². The fourth-order valence-corrected chi connectivity index (χ4v) is 4.33. The Balaban J connectivity index is 1.26. The lowest BCUT2D eigenvalue weighted by molar-refractivity contribution is -0.132. The highest BCUT2D eigenvalue weighted by atomic mass is 16.5. The van der Waals surface area contributed by atoms with Gasteiger partial charge in [-0.1, -0.05) is 19.3 Å². The molecule has 1 saturated carbocycles. The first-order chi connectivity index (χ1) is 14.1. The summed E-state index contributed by atoms with van der Waals surface area (Å²) in [4.78, 5) is 32.5. The molecule has 1 aromatic rings. The van der Waals surface area contributed by atoms with Gasteiger partial charge in [0.1, 0.15) is 5.75 Å². The van der Waals surface area contributed by atoms with Gasteiger partial charge in [0.05, 0.1) is 12.3 Å². The zero-order valence-corrected chi connectivity index (χ0v) is 17.2. The third kappa shape index (κ3) is 4.71. The van der Waals surface area contributed by atoms with Gasteiger partial charge in [0.2, 0.25) is 17.8 Å². The summed E-state index contributed by atoms with van der Waals surface area (Å²) < 4.78 is 5.89. The fraction of sp³-hybridized carbons (Fsp3) is 0.591. The van der Waals surface area contributed by atoms with Crippen molar-refractivity contribution in [2.75, 3.05) is 20.2 Å². The number of carbonyl (C=O) groups excluding carboxylic acids is 2. The second-order valence-electron chi connectivity index (χ2n) is 8.19. The van der Waals surface area contributed by atoms with Crippen molar-refractivity contribution in [1.82, 2.24) is 15.1 Å². The first kappa shape index (κ1) is 19.7. The van der Waals surface area contributed by atoms with E-state index in [2.05, 4.69) is 15.2 Å². The molecule has 7 nitrogen and oxygen atoms in total. The first-order valence-corrected chi connectivity index (χ1v) is 10.7. The Bertz CT molecular complexity index is 801. The molecular formula is C22H30N4O3. The number of nitrogens with one attached hydrogen (secondary N) is 1. The van der Waals surface area contributed by atoms with E-state index in [0.717, 1.165) is 36.4 Å². The monoisotopic (exact) mass is 398 g/mol. The van der Waals surface area contributed by atoms with E-state index in [9.17, 15) is 9.59 Å². The van der Waals surface area contributed by atoms with Crippen molar-refractivity contribution < 1.29 is 14.3 Å². The zero-order chi connectivity index (χ0) is 20.2. The maximum Gasteiger partial charge on any atom is 0.228 e. The molecule has 3 aliphatic rings. The molecule has 2 heterocycles. The van der Waals surface area contributed by atoms with Crippen molar-refractivity contribution in [3.05, 3.63) is 23.8 Å². The Morgan fingerprint density at radius 2 is 2.14 bits per heavy atom. The Morgan fingerprint density at radius 3 is 2.97 bits per heavy atom. The lowest BCUT2D eigenvalue weighted by atomic mass is 9.94. The SMILES string of the molecule is CN(C(=O)CCCOc1ccc2c(c1)CN1CCC(=O)NC1=N2)C1CCCCC1. The molecule has 0 atom stereocenters. The Hall–Kier alpha value is -2.57. The maximum atomic E-state index is 12.4. The van der Waals surface area contributed by atoms with Crippen LogP contribution in [0.4, 0.5) is 5.69 Å². The predicted molar refractivity (Wildman–Crippen MR) is 111 cm³/mol. The number of fused-ring (bicyclic) bond motifs is 2. The number of nitrogens with zero attached hydrogens (tertiary/aromatic N) is 3. The van der Waals surface area contributed by atoms with E-state index in [0.29, 0.717) is 44.4 Å². The quantitative estimate of drug-likeness (QED) is 0.748. The van der Waals surface area contributed by atoms with E-state index in [1.54, 1.807) is 0 Å². The average molecular weight is 399 g/mol. The average Bonchev–Trinajstić information content (AvgIpc) is 2.75. The smallest absolute Gasteiger partial charge is 0.228 e. The molecule has 1 N–H and O–H groups in total. The maximum absolute atomic E-state index is 12.4. The van der Waals surface area contributed by atoms with Crippen LogP contribution in [0.25, 0.3) is 0 Å². The van der Waals surface area contributed by atoms with Gasteiger partial charge >= 0.3 is 0 Å². The largest absolute Gasteiger partial charge is 0.494 e. The van der Waals surface area contributed by atoms with E-state index in [1.807, 2.05) is 30.1 Å². The van der Waals surface area contributed by atoms with Crippen molar-refractivity contribution in [3.8, 4) is 5.75 Å². The Morgan fingerprint density at radius 1 is 1.31 bits per heavy atom. The molecule has 7 heteroatoms. The number of hydrogen-bond donors (Lipinski definition) is 1. The van der Waals surface area contributed by atoms with Crippen LogP contribution in [-0.4, -0.2) is 53.8 Å². The van der Waals surface area contributed by atoms with E-state index >= 15 is 0 Å². The van der Waals surface area contributed by atoms with Crippen LogP contribution in [-0.2, 0) is 16.1 Å². The summed E-state index contributed by atoms with van der Waals surface area (Å²) in [5.41, 5.74) is 1.96. The summed E-state index contributed by atoms with van der Waals surface area (Å²) >= 11 is 0. The van der Waals surface area contributed by atoms with Crippen LogP contribution in [0.15, 0.2) is 23.2 Å². The molecule has 29 heavy (non-hydrogen) atoms.